The molecule has 61 atom stereocenters. The molecule has 3 amide bonds. The highest BCUT2D eigenvalue weighted by Crippen LogP contribution is 2.49. The molecule has 12 saturated heterocycles. The summed E-state index contributed by atoms with van der Waals surface area (Å²) in [4.78, 5) is 48.6. The van der Waals surface area contributed by atoms with Gasteiger partial charge in [-0.05, 0) is 0 Å². The first-order valence-corrected chi connectivity index (χ1v) is 47.4. The molecule has 12 aliphatic rings. The van der Waals surface area contributed by atoms with Crippen molar-refractivity contribution >= 4 is 25.5 Å². The molecule has 12 rings (SSSR count). The minimum absolute atomic E-state index is 0.847. The number of hydrogen-bond donors (Lipinski definition) is 39. The lowest BCUT2D eigenvalue weighted by atomic mass is 9.94. The second kappa shape index (κ2) is 52.4. The van der Waals surface area contributed by atoms with Crippen molar-refractivity contribution in [2.45, 2.75) is 389 Å². The Hall–Kier alpha value is -3.76. The van der Waals surface area contributed by atoms with E-state index in [9.17, 15) is 203 Å². The third-order valence-corrected chi connectivity index (χ3v) is 27.4. The molecule has 12 fully saturated rings. The van der Waals surface area contributed by atoms with E-state index in [0.717, 1.165) is 20.8 Å². The van der Waals surface area contributed by atoms with E-state index in [1.54, 1.807) is 0 Å². The van der Waals surface area contributed by atoms with Gasteiger partial charge in [-0.2, -0.15) is 0 Å². The van der Waals surface area contributed by atoms with E-state index in [0.29, 0.717) is 0 Å². The van der Waals surface area contributed by atoms with Crippen molar-refractivity contribution in [2.75, 3.05) is 79.3 Å². The summed E-state index contributed by atoms with van der Waals surface area (Å²) in [5, 5.41) is 400. The zero-order valence-corrected chi connectivity index (χ0v) is 78.0. The highest BCUT2D eigenvalue weighted by Gasteiger charge is 2.64. The van der Waals surface area contributed by atoms with Gasteiger partial charge < -0.3 is 304 Å². The highest BCUT2D eigenvalue weighted by atomic mass is 31.2. The lowest BCUT2D eigenvalue weighted by Gasteiger charge is -2.51. The third-order valence-electron chi connectivity index (χ3n) is 26.5. The van der Waals surface area contributed by atoms with Gasteiger partial charge in [0.15, 0.2) is 75.5 Å². The number of ether oxygens (including phenoxy) is 22. The summed E-state index contributed by atoms with van der Waals surface area (Å²) in [6.45, 7) is -12.0. The van der Waals surface area contributed by atoms with Gasteiger partial charge in [0.1, 0.15) is 293 Å². The van der Waals surface area contributed by atoms with Crippen LogP contribution in [0, 0.1) is 0 Å². The van der Waals surface area contributed by atoms with Crippen LogP contribution < -0.4 is 16.0 Å². The molecule has 848 valence electrons. The summed E-state index contributed by atoms with van der Waals surface area (Å²) >= 11 is 0. The monoisotopic (exact) mass is 2170 g/mol. The maximum atomic E-state index is 13.6. The first-order chi connectivity index (χ1) is 68.9. The Bertz CT molecular complexity index is 4080. The summed E-state index contributed by atoms with van der Waals surface area (Å²) in [6.07, 6.45) is -130. The van der Waals surface area contributed by atoms with Crippen LogP contribution in [0.15, 0.2) is 0 Å². The fraction of sp³-hybridized carbons (Fsp3) is 0.962. The molecule has 0 spiro atoms. The normalized spacial score (nSPS) is 50.4. The summed E-state index contributed by atoms with van der Waals surface area (Å²) in [6, 6.07) is -5.64. The van der Waals surface area contributed by atoms with E-state index in [1.165, 1.54) is 0 Å². The van der Waals surface area contributed by atoms with Crippen LogP contribution in [0.3, 0.4) is 0 Å². The van der Waals surface area contributed by atoms with Gasteiger partial charge >= 0.3 is 7.82 Å². The quantitative estimate of drug-likeness (QED) is 0.0254. The lowest BCUT2D eigenvalue weighted by Crippen LogP contribution is -2.70. The number of phosphoric acid groups is 1. The molecule has 0 saturated carbocycles. The number of aliphatic hydroxyl groups is 35. The van der Waals surface area contributed by atoms with Gasteiger partial charge in [-0.1, -0.05) is 0 Å². The molecule has 0 aromatic heterocycles. The fourth-order valence-electron chi connectivity index (χ4n) is 18.3. The van der Waals surface area contributed by atoms with E-state index in [4.69, 9.17) is 113 Å². The second-order valence-electron chi connectivity index (χ2n) is 36.5. The predicted molar refractivity (Wildman–Crippen MR) is 441 cm³/mol. The Morgan fingerprint density at radius 1 is 0.219 bits per heavy atom. The zero-order valence-electron chi connectivity index (χ0n) is 77.1. The Balaban J connectivity index is 0.891. The van der Waals surface area contributed by atoms with E-state index < -0.39 is 473 Å². The standard InChI is InChI=1S/C78H132N3O64P/c1-16(91)79-31-45(105)59(26(11-89)125-67(31)119)137-68-33(81-18(3)93)46(106)60(27(12-90)133-68)138-74-58(118)62(140-77-66(53(113)40(100)24(9-87)131-77)144-78-65(52(112)39(99)25(10-88)132-78)143-72-55(115)48(108)36(96)21(6-84)128-72)43(103)29(135-74)13-122-70-57(117)61(139-76-64(51(111)38(98)23(8-86)130-76)142-71-54(114)47(107)35(95)20(5-83)127-71)42(102)28(134-70)14-123-75-63(50(110)37(97)22(7-85)129-75)141-73-56(116)49(109)41(101)30(136-73)15-124-146(120,121)145-69-32(80-17(2)92)44(104)34(94)19(4-82)126-69/h19-78,82-90,94-119H,4-15H2,1-3H3,(H,79,91)(H,80,92)(H,81,93)(H,120,121)/t19-,20-,21-,22-,23-,24-,25-,26-,27-,28-,29-,30-,31-,32-,33-,34-,35-,36-,37-,38-,39-,40-,41-,42-,43-,44-,45-,46-,47+,48+,49+,50+,51+,52+,53+,54+,55+,56+,57+,58+,59-,60-,61+,62+,63+,64+,65+,66+,67-,68+,69-,70+,71-,72-,73-,74+,75+,76-,77-,78-/m1/s1. The first-order valence-electron chi connectivity index (χ1n) is 45.9. The van der Waals surface area contributed by atoms with Crippen LogP contribution >= 0.6 is 7.82 Å². The molecule has 39 N–H and O–H groups in total. The van der Waals surface area contributed by atoms with Crippen LogP contribution in [0.1, 0.15) is 20.8 Å². The van der Waals surface area contributed by atoms with E-state index in [-0.39, 0.29) is 0 Å². The minimum atomic E-state index is -5.69. The number of carbonyl (C=O) groups is 3. The smallest absolute Gasteiger partial charge is 0.394 e. The van der Waals surface area contributed by atoms with Crippen molar-refractivity contribution in [3.63, 3.8) is 0 Å². The van der Waals surface area contributed by atoms with E-state index in [1.807, 2.05) is 0 Å². The fourth-order valence-corrected chi connectivity index (χ4v) is 19.2. The molecule has 0 aliphatic carbocycles. The van der Waals surface area contributed by atoms with Crippen LogP contribution in [-0.2, 0) is 132 Å². The van der Waals surface area contributed by atoms with Crippen LogP contribution in [0.2, 0.25) is 0 Å². The molecule has 0 bridgehead atoms. The van der Waals surface area contributed by atoms with Gasteiger partial charge in [0.05, 0.1) is 79.3 Å². The molecular weight excluding hydrogens is 2030 g/mol. The molecule has 146 heavy (non-hydrogen) atoms. The second-order valence-corrected chi connectivity index (χ2v) is 37.9. The maximum Gasteiger partial charge on any atom is 0.474 e. The van der Waals surface area contributed by atoms with Crippen molar-refractivity contribution in [3.05, 3.63) is 0 Å². The van der Waals surface area contributed by atoms with E-state index in [2.05, 4.69) is 16.0 Å². The van der Waals surface area contributed by atoms with E-state index >= 15 is 0 Å². The van der Waals surface area contributed by atoms with Crippen LogP contribution in [0.5, 0.6) is 0 Å². The predicted octanol–water partition coefficient (Wildman–Crippen LogP) is -26.6. The molecule has 12 aliphatic heterocycles. The van der Waals surface area contributed by atoms with Crippen molar-refractivity contribution in [2.24, 2.45) is 0 Å². The number of carbonyl (C=O) groups excluding carboxylic acids is 3. The largest absolute Gasteiger partial charge is 0.474 e. The third kappa shape index (κ3) is 26.7. The van der Waals surface area contributed by atoms with Gasteiger partial charge in [0.25, 0.3) is 0 Å². The van der Waals surface area contributed by atoms with Gasteiger partial charge in [-0.25, -0.2) is 4.57 Å². The topological polar surface area (TPSA) is 1050 Å². The van der Waals surface area contributed by atoms with Crippen molar-refractivity contribution in [1.29, 1.82) is 0 Å². The van der Waals surface area contributed by atoms with Crippen LogP contribution in [0.4, 0.5) is 0 Å². The van der Waals surface area contributed by atoms with Crippen molar-refractivity contribution in [1.82, 2.24) is 16.0 Å². The van der Waals surface area contributed by atoms with Gasteiger partial charge in [0.2, 0.25) is 17.7 Å². The van der Waals surface area contributed by atoms with Gasteiger partial charge in [-0.3, -0.25) is 23.4 Å². The molecule has 1 unspecified atom stereocenters. The van der Waals surface area contributed by atoms with Crippen molar-refractivity contribution in [3.8, 4) is 0 Å². The maximum absolute atomic E-state index is 13.6. The highest BCUT2D eigenvalue weighted by molar-refractivity contribution is 7.47. The summed E-state index contributed by atoms with van der Waals surface area (Å²) in [5.41, 5.74) is 0. The Kier molecular flexibility index (Phi) is 43.4. The number of phosphoric ester groups is 1. The average Bonchev–Trinajstić information content (AvgIpc) is 0.769. The molecule has 0 radical (unpaired) electrons. The van der Waals surface area contributed by atoms with Crippen LogP contribution in [-0.4, -0.2) is 649 Å². The number of rotatable bonds is 39. The average molecular weight is 2170 g/mol. The molecule has 12 heterocycles. The first kappa shape index (κ1) is 121. The molecule has 68 heteroatoms. The Morgan fingerprint density at radius 2 is 0.459 bits per heavy atom. The zero-order chi connectivity index (χ0) is 107. The Labute approximate surface area is 823 Å². The molecule has 0 aromatic carbocycles. The Morgan fingerprint density at radius 3 is 0.836 bits per heavy atom. The SMILES string of the molecule is CC(=O)N[C@@H]1[C@@H](O)[C@H](O[C@@H]2O[C@H](CO)[C@@H](O[C@@H]3O[C@H](CO[C@H]4O[C@H](CO[C@H]5O[C@H](CO)[C@@H](O)[C@H](O)[C@@H]5O[C@H]5O[C@H](COP(=O)(O)O[C@H]6O[C@H](CO)[C@@H](O)[C@H](O)[C@H]6NC(C)=O)[C@@H](O)[C@H](O)[C@@H]5O)[C@@H](O)[C@H](O[C@H]5O[C@H](CO)[C@@H](O)[C@H](O)[C@@H]5O[C@H]5O[C@H](CO)[C@@H](O)[C@H](O)[C@@H]5O)[C@@H]4O)[C@@H](O)[C@H](O[C@H]4O[C@H](CO)[C@@H](O)[C@H](O)[C@@H]4O[C@H]4O[C@H](CO)[C@@H](O)[C@H](O)[C@@H]4O[C@H]4O[C@H](CO)[C@@H](O)[C@H](O)[C@@H]4O)[C@@H]3O)[C@H](O)[C@H]2NC(C)=O)[C@@H](CO)O[C@H]1O. The molecule has 67 nitrogen and oxygen atoms in total. The van der Waals surface area contributed by atoms with Crippen LogP contribution in [0.25, 0.3) is 0 Å². The summed E-state index contributed by atoms with van der Waals surface area (Å²) in [7, 11) is -5.69. The molecule has 0 aromatic rings. The lowest BCUT2D eigenvalue weighted by molar-refractivity contribution is -0.408. The minimum Gasteiger partial charge on any atom is -0.394 e. The summed E-state index contributed by atoms with van der Waals surface area (Å²) in [5.74, 6) is -2.79. The number of nitrogens with one attached hydrogen (secondary N) is 3. The number of aliphatic hydroxyl groups excluding tert-OH is 35. The van der Waals surface area contributed by atoms with Gasteiger partial charge in [-0.15, -0.1) is 0 Å². The van der Waals surface area contributed by atoms with Crippen molar-refractivity contribution < 1.29 is 316 Å². The van der Waals surface area contributed by atoms with Gasteiger partial charge in [0, 0.05) is 20.8 Å². The number of hydrogen-bond acceptors (Lipinski definition) is 63. The number of amides is 3. The summed E-state index contributed by atoms with van der Waals surface area (Å²) < 4.78 is 153. The molecular formula is C78H132N3O64P.